The average Bonchev–Trinajstić information content (AvgIpc) is 2.38. The molecule has 0 bridgehead atoms. The fourth-order valence-electron chi connectivity index (χ4n) is 1.42. The minimum absolute atomic E-state index is 0.580. The van der Waals surface area contributed by atoms with Crippen LogP contribution in [0.15, 0.2) is 54.6 Å². The van der Waals surface area contributed by atoms with Gasteiger partial charge in [-0.05, 0) is 11.1 Å². The quantitative estimate of drug-likeness (QED) is 0.706. The first-order chi connectivity index (χ1) is 7.88. The third-order valence-corrected chi connectivity index (χ3v) is 2.30. The molecule has 0 aliphatic rings. The highest BCUT2D eigenvalue weighted by atomic mass is 16.1. The Morgan fingerprint density at radius 1 is 0.750 bits per heavy atom. The van der Waals surface area contributed by atoms with Crippen LogP contribution in [0.3, 0.4) is 0 Å². The van der Waals surface area contributed by atoms with Crippen LogP contribution in [0.2, 0.25) is 0 Å². The molecule has 1 radical (unpaired) electrons. The molecule has 77 valence electrons. The largest absolute Gasteiger partial charge is 0.285 e. The van der Waals surface area contributed by atoms with Crippen LogP contribution in [-0.4, -0.2) is 6.29 Å². The summed E-state index contributed by atoms with van der Waals surface area (Å²) in [7, 11) is 0. The lowest BCUT2D eigenvalue weighted by molar-refractivity contribution is 0.563. The number of hydrogen-bond donors (Lipinski definition) is 0. The van der Waals surface area contributed by atoms with Gasteiger partial charge >= 0.3 is 0 Å². The molecule has 1 nitrogen and oxygen atoms in total. The Labute approximate surface area is 95.1 Å². The van der Waals surface area contributed by atoms with E-state index in [-0.39, 0.29) is 0 Å². The molecule has 0 aliphatic heterocycles. The first-order valence-corrected chi connectivity index (χ1v) is 5.10. The maximum absolute atomic E-state index is 10.4. The number of benzene rings is 2. The monoisotopic (exact) mass is 207 g/mol. The van der Waals surface area contributed by atoms with Crippen LogP contribution < -0.4 is 0 Å². The molecule has 0 saturated carbocycles. The van der Waals surface area contributed by atoms with E-state index < -0.39 is 0 Å². The van der Waals surface area contributed by atoms with Crippen LogP contribution in [-0.2, 0) is 4.79 Å². The molecule has 0 unspecified atom stereocenters. The second kappa shape index (κ2) is 5.08. The van der Waals surface area contributed by atoms with Crippen molar-refractivity contribution >= 4 is 18.4 Å². The van der Waals surface area contributed by atoms with Gasteiger partial charge in [0.1, 0.15) is 0 Å². The van der Waals surface area contributed by atoms with Crippen LogP contribution in [0.4, 0.5) is 0 Å². The summed E-state index contributed by atoms with van der Waals surface area (Å²) in [5, 5.41) is 0. The van der Waals surface area contributed by atoms with Gasteiger partial charge in [0.15, 0.2) is 0 Å². The zero-order valence-electron chi connectivity index (χ0n) is 8.76. The van der Waals surface area contributed by atoms with E-state index in [1.54, 1.807) is 12.1 Å². The topological polar surface area (TPSA) is 17.1 Å². The zero-order chi connectivity index (χ0) is 11.2. The summed E-state index contributed by atoms with van der Waals surface area (Å²) in [6.07, 6.45) is 5.91. The van der Waals surface area contributed by atoms with Gasteiger partial charge in [-0.15, -0.1) is 0 Å². The van der Waals surface area contributed by atoms with E-state index >= 15 is 0 Å². The lowest BCUT2D eigenvalue weighted by Crippen LogP contribution is -1.79. The van der Waals surface area contributed by atoms with Crippen molar-refractivity contribution in [3.8, 4) is 0 Å². The molecule has 0 aliphatic carbocycles. The maximum atomic E-state index is 10.4. The van der Waals surface area contributed by atoms with Crippen molar-refractivity contribution in [2.75, 3.05) is 0 Å². The third kappa shape index (κ3) is 2.67. The maximum Gasteiger partial charge on any atom is 0.233 e. The lowest BCUT2D eigenvalue weighted by Gasteiger charge is -1.94. The van der Waals surface area contributed by atoms with Gasteiger partial charge in [-0.25, -0.2) is 0 Å². The van der Waals surface area contributed by atoms with Crippen LogP contribution in [0.5, 0.6) is 0 Å². The van der Waals surface area contributed by atoms with E-state index in [0.29, 0.717) is 5.56 Å². The van der Waals surface area contributed by atoms with Crippen LogP contribution in [0.25, 0.3) is 12.2 Å². The highest BCUT2D eigenvalue weighted by molar-refractivity contribution is 5.77. The van der Waals surface area contributed by atoms with Crippen molar-refractivity contribution in [3.05, 3.63) is 71.3 Å². The number of hydrogen-bond acceptors (Lipinski definition) is 1. The average molecular weight is 207 g/mol. The fourth-order valence-corrected chi connectivity index (χ4v) is 1.42. The molecule has 0 aromatic heterocycles. The standard InChI is InChI=1S/C15H11O/c16-12-15-10-8-14(9-11-15)7-6-13-4-2-1-3-5-13/h1-11H/b7-6+. The highest BCUT2D eigenvalue weighted by Gasteiger charge is 1.90. The summed E-state index contributed by atoms with van der Waals surface area (Å²) in [5.41, 5.74) is 2.81. The molecular formula is C15H11O. The van der Waals surface area contributed by atoms with Gasteiger partial charge in [0, 0.05) is 5.56 Å². The molecule has 0 saturated heterocycles. The first-order valence-electron chi connectivity index (χ1n) is 5.10. The van der Waals surface area contributed by atoms with Crippen LogP contribution in [0, 0.1) is 0 Å². The van der Waals surface area contributed by atoms with Gasteiger partial charge in [0.05, 0.1) is 0 Å². The Hall–Kier alpha value is -2.15. The number of rotatable bonds is 3. The van der Waals surface area contributed by atoms with Gasteiger partial charge in [0.2, 0.25) is 6.29 Å². The summed E-state index contributed by atoms with van der Waals surface area (Å²) < 4.78 is 0. The van der Waals surface area contributed by atoms with E-state index in [4.69, 9.17) is 0 Å². The van der Waals surface area contributed by atoms with Gasteiger partial charge in [-0.3, -0.25) is 4.79 Å². The summed E-state index contributed by atoms with van der Waals surface area (Å²) in [4.78, 5) is 10.4. The van der Waals surface area contributed by atoms with Crippen molar-refractivity contribution in [1.29, 1.82) is 0 Å². The fraction of sp³-hybridized carbons (Fsp3) is 0. The van der Waals surface area contributed by atoms with Crippen molar-refractivity contribution in [1.82, 2.24) is 0 Å². The molecule has 0 atom stereocenters. The minimum atomic E-state index is 0.580. The Kier molecular flexibility index (Phi) is 3.29. The summed E-state index contributed by atoms with van der Waals surface area (Å²) in [5.74, 6) is 0. The highest BCUT2D eigenvalue weighted by Crippen LogP contribution is 2.08. The second-order valence-electron chi connectivity index (χ2n) is 3.47. The van der Waals surface area contributed by atoms with Crippen LogP contribution >= 0.6 is 0 Å². The Morgan fingerprint density at radius 2 is 1.31 bits per heavy atom. The SMILES string of the molecule is O=[C]c1ccc(/C=C/c2ccccc2)cc1. The minimum Gasteiger partial charge on any atom is -0.285 e. The van der Waals surface area contributed by atoms with E-state index in [9.17, 15) is 4.79 Å². The van der Waals surface area contributed by atoms with Crippen molar-refractivity contribution in [3.63, 3.8) is 0 Å². The van der Waals surface area contributed by atoms with Gasteiger partial charge < -0.3 is 0 Å². The lowest BCUT2D eigenvalue weighted by atomic mass is 10.1. The molecule has 1 heteroatoms. The molecular weight excluding hydrogens is 196 g/mol. The molecule has 0 heterocycles. The molecule has 2 aromatic carbocycles. The van der Waals surface area contributed by atoms with Crippen molar-refractivity contribution < 1.29 is 4.79 Å². The normalized spacial score (nSPS) is 10.5. The van der Waals surface area contributed by atoms with Crippen molar-refractivity contribution in [2.45, 2.75) is 0 Å². The Bertz CT molecular complexity index is 481. The summed E-state index contributed by atoms with van der Waals surface area (Å²) in [6, 6.07) is 17.4. The van der Waals surface area contributed by atoms with Crippen LogP contribution in [0.1, 0.15) is 16.7 Å². The summed E-state index contributed by atoms with van der Waals surface area (Å²) >= 11 is 0. The Balaban J connectivity index is 2.14. The van der Waals surface area contributed by atoms with E-state index in [1.807, 2.05) is 60.9 Å². The first kappa shape index (κ1) is 10.4. The van der Waals surface area contributed by atoms with Gasteiger partial charge in [0.25, 0.3) is 0 Å². The molecule has 0 amide bonds. The Morgan fingerprint density at radius 3 is 1.88 bits per heavy atom. The predicted octanol–water partition coefficient (Wildman–Crippen LogP) is 3.31. The van der Waals surface area contributed by atoms with E-state index in [2.05, 4.69) is 0 Å². The predicted molar refractivity (Wildman–Crippen MR) is 66.6 cm³/mol. The summed E-state index contributed by atoms with van der Waals surface area (Å²) in [6.45, 7) is 0. The van der Waals surface area contributed by atoms with Crippen molar-refractivity contribution in [2.24, 2.45) is 0 Å². The molecule has 0 spiro atoms. The second-order valence-corrected chi connectivity index (χ2v) is 3.47. The molecule has 2 rings (SSSR count). The van der Waals surface area contributed by atoms with E-state index in [0.717, 1.165) is 11.1 Å². The smallest absolute Gasteiger partial charge is 0.233 e. The number of carbonyl (C=O) groups excluding carboxylic acids is 1. The zero-order valence-corrected chi connectivity index (χ0v) is 8.76. The van der Waals surface area contributed by atoms with Gasteiger partial charge in [-0.1, -0.05) is 66.7 Å². The van der Waals surface area contributed by atoms with Gasteiger partial charge in [-0.2, -0.15) is 0 Å². The molecule has 0 fully saturated rings. The molecule has 0 N–H and O–H groups in total. The molecule has 16 heavy (non-hydrogen) atoms. The van der Waals surface area contributed by atoms with E-state index in [1.165, 1.54) is 0 Å². The third-order valence-electron chi connectivity index (χ3n) is 2.30. The molecule has 2 aromatic rings.